The number of aromatic nitrogens is 1. The van der Waals surface area contributed by atoms with Gasteiger partial charge in [-0.05, 0) is 114 Å². The summed E-state index contributed by atoms with van der Waals surface area (Å²) in [6.07, 6.45) is 13.1. The van der Waals surface area contributed by atoms with E-state index in [0.29, 0.717) is 12.6 Å². The van der Waals surface area contributed by atoms with Crippen molar-refractivity contribution < 1.29 is 0 Å². The third-order valence-electron chi connectivity index (χ3n) is 11.0. The molecule has 1 atom stereocenters. The van der Waals surface area contributed by atoms with Crippen molar-refractivity contribution in [2.45, 2.75) is 86.1 Å². The summed E-state index contributed by atoms with van der Waals surface area (Å²) in [5.41, 5.74) is 14.4. The number of aryl methyl sites for hydroxylation is 2. The molecule has 1 N–H and O–H groups in total. The zero-order valence-electron chi connectivity index (χ0n) is 31.5. The van der Waals surface area contributed by atoms with Crippen molar-refractivity contribution >= 4 is 22.9 Å². The van der Waals surface area contributed by atoms with E-state index in [1.807, 2.05) is 11.6 Å². The molecule has 1 saturated heterocycles. The molecular formula is C43H58N6S. The minimum absolute atomic E-state index is 0.134. The van der Waals surface area contributed by atoms with Crippen LogP contribution in [0.1, 0.15) is 88.1 Å². The Hall–Kier alpha value is -3.52. The molecule has 6 nitrogen and oxygen atoms in total. The number of hydrogen-bond acceptors (Lipinski definition) is 7. The number of aliphatic imine (C=N–C) groups is 1. The summed E-state index contributed by atoms with van der Waals surface area (Å²) in [5, 5.41) is 6.61. The maximum Gasteiger partial charge on any atom is 0.162 e. The lowest BCUT2D eigenvalue weighted by molar-refractivity contribution is 0.137. The summed E-state index contributed by atoms with van der Waals surface area (Å²) >= 11 is 1.63. The highest BCUT2D eigenvalue weighted by Gasteiger charge is 2.38. The summed E-state index contributed by atoms with van der Waals surface area (Å²) in [6.45, 7) is 33.9. The molecule has 0 saturated carbocycles. The van der Waals surface area contributed by atoms with Gasteiger partial charge in [0.1, 0.15) is 0 Å². The van der Waals surface area contributed by atoms with Gasteiger partial charge in [0.2, 0.25) is 0 Å². The van der Waals surface area contributed by atoms with Crippen LogP contribution in [-0.4, -0.2) is 77.4 Å². The molecule has 266 valence electrons. The van der Waals surface area contributed by atoms with E-state index >= 15 is 0 Å². The van der Waals surface area contributed by atoms with Crippen molar-refractivity contribution in [3.05, 3.63) is 117 Å². The largest absolute Gasteiger partial charge is 0.343 e. The van der Waals surface area contributed by atoms with Gasteiger partial charge in [0.05, 0.1) is 6.54 Å². The smallest absolute Gasteiger partial charge is 0.162 e. The van der Waals surface area contributed by atoms with Crippen molar-refractivity contribution in [3.63, 3.8) is 0 Å². The Morgan fingerprint density at radius 1 is 1.04 bits per heavy atom. The molecule has 1 aromatic carbocycles. The molecular weight excluding hydrogens is 633 g/mol. The van der Waals surface area contributed by atoms with Crippen LogP contribution in [0.3, 0.4) is 0 Å². The molecule has 4 aliphatic rings. The van der Waals surface area contributed by atoms with Gasteiger partial charge in [0.15, 0.2) is 10.8 Å². The second-order valence-electron chi connectivity index (χ2n) is 15.6. The number of unbranched alkanes of at least 4 members (excludes halogenated alkanes) is 1. The second-order valence-corrected chi connectivity index (χ2v) is 16.5. The summed E-state index contributed by atoms with van der Waals surface area (Å²) in [5.74, 6) is 0.897. The van der Waals surface area contributed by atoms with E-state index in [-0.39, 0.29) is 5.41 Å². The highest BCUT2D eigenvalue weighted by molar-refractivity contribution is 7.11. The normalized spacial score (nSPS) is 20.1. The van der Waals surface area contributed by atoms with Crippen LogP contribution in [0.15, 0.2) is 94.3 Å². The van der Waals surface area contributed by atoms with Crippen LogP contribution < -0.4 is 5.32 Å². The number of piperazine rings is 1. The van der Waals surface area contributed by atoms with Crippen LogP contribution in [0.5, 0.6) is 0 Å². The zero-order valence-corrected chi connectivity index (χ0v) is 32.3. The average molecular weight is 691 g/mol. The van der Waals surface area contributed by atoms with Gasteiger partial charge in [-0.15, -0.1) is 11.3 Å². The van der Waals surface area contributed by atoms with Gasteiger partial charge in [-0.2, -0.15) is 0 Å². The van der Waals surface area contributed by atoms with Gasteiger partial charge in [0.25, 0.3) is 0 Å². The molecule has 50 heavy (non-hydrogen) atoms. The van der Waals surface area contributed by atoms with Crippen molar-refractivity contribution in [2.24, 2.45) is 10.4 Å². The number of amidine groups is 1. The second kappa shape index (κ2) is 15.4. The summed E-state index contributed by atoms with van der Waals surface area (Å²) in [4.78, 5) is 17.1. The average Bonchev–Trinajstić information content (AvgIpc) is 3.64. The Balaban J connectivity index is 1.05. The maximum atomic E-state index is 4.81. The van der Waals surface area contributed by atoms with E-state index < -0.39 is 0 Å². The van der Waals surface area contributed by atoms with E-state index in [1.54, 1.807) is 16.9 Å². The van der Waals surface area contributed by atoms with Crippen LogP contribution in [0, 0.1) is 5.41 Å². The summed E-state index contributed by atoms with van der Waals surface area (Å²) in [7, 11) is 0. The van der Waals surface area contributed by atoms with Crippen LogP contribution in [0.4, 0.5) is 0 Å². The minimum Gasteiger partial charge on any atom is -0.343 e. The standard InChI is InChI=1S/C43H58N6S/c1-10-30(5)36-26-45-41(42-44-15-21-50-42)46-38(36)28-48-19-17-47(18-20-48)16-13-12-14-33-23-34-25-40(43(7,8)9)49-27-37(29(3)4)31(6)22-39(49)35(34)24-32(33)11-2/h15,21-24,27,40H,3,5-6,10-14,16-20,25-26,28H2,1-2,4,7-9H3,(H,45,46). The van der Waals surface area contributed by atoms with E-state index in [0.717, 1.165) is 80.4 Å². The van der Waals surface area contributed by atoms with Crippen LogP contribution in [-0.2, 0) is 19.3 Å². The monoisotopic (exact) mass is 690 g/mol. The van der Waals surface area contributed by atoms with Crippen LogP contribution in [0.25, 0.3) is 5.70 Å². The molecule has 0 spiro atoms. The lowest BCUT2D eigenvalue weighted by Crippen LogP contribution is -2.48. The molecule has 4 aliphatic heterocycles. The highest BCUT2D eigenvalue weighted by Crippen LogP contribution is 2.44. The number of hydrogen-bond donors (Lipinski definition) is 1. The number of nitrogens with one attached hydrogen (secondary N) is 1. The molecule has 6 rings (SSSR count). The van der Waals surface area contributed by atoms with Gasteiger partial charge < -0.3 is 15.1 Å². The fourth-order valence-electron chi connectivity index (χ4n) is 7.90. The fourth-order valence-corrected chi connectivity index (χ4v) is 8.50. The van der Waals surface area contributed by atoms with Gasteiger partial charge >= 0.3 is 0 Å². The van der Waals surface area contributed by atoms with E-state index in [9.17, 15) is 0 Å². The van der Waals surface area contributed by atoms with Crippen molar-refractivity contribution in [3.8, 4) is 0 Å². The van der Waals surface area contributed by atoms with Crippen molar-refractivity contribution in [2.75, 3.05) is 45.8 Å². The zero-order chi connectivity index (χ0) is 35.6. The number of fused-ring (bicyclic) bond motifs is 3. The predicted molar refractivity (Wildman–Crippen MR) is 214 cm³/mol. The Labute approximate surface area is 305 Å². The number of benzene rings is 1. The maximum absolute atomic E-state index is 4.81. The number of nitrogens with zero attached hydrogens (tertiary/aromatic N) is 5. The van der Waals surface area contributed by atoms with Crippen molar-refractivity contribution in [1.82, 2.24) is 25.0 Å². The third-order valence-corrected chi connectivity index (χ3v) is 11.8. The first-order chi connectivity index (χ1) is 24.0. The van der Waals surface area contributed by atoms with Gasteiger partial charge in [-0.1, -0.05) is 60.4 Å². The van der Waals surface area contributed by atoms with Crippen LogP contribution in [0.2, 0.25) is 0 Å². The summed E-state index contributed by atoms with van der Waals surface area (Å²) < 4.78 is 0. The van der Waals surface area contributed by atoms with Gasteiger partial charge in [-0.25, -0.2) is 4.98 Å². The van der Waals surface area contributed by atoms with Crippen molar-refractivity contribution in [1.29, 1.82) is 0 Å². The van der Waals surface area contributed by atoms with Gasteiger partial charge in [0, 0.05) is 73.5 Å². The Morgan fingerprint density at radius 3 is 2.46 bits per heavy atom. The molecule has 0 amide bonds. The predicted octanol–water partition coefficient (Wildman–Crippen LogP) is 8.56. The molecule has 0 bridgehead atoms. The first kappa shape index (κ1) is 36.3. The molecule has 1 unspecified atom stereocenters. The molecule has 1 fully saturated rings. The molecule has 1 aromatic heterocycles. The van der Waals surface area contributed by atoms with E-state index in [4.69, 9.17) is 4.99 Å². The SMILES string of the molecule is C=C(C)C1=CN2C(=CC1=C)c1cc(CC)c(CCCCN3CCN(CC4=C(C(=C)CC)CN=C(c5nccs5)N4)CC3)cc1CC2C(C)(C)C. The third kappa shape index (κ3) is 7.85. The van der Waals surface area contributed by atoms with Gasteiger partial charge in [-0.3, -0.25) is 9.89 Å². The lowest BCUT2D eigenvalue weighted by atomic mass is 9.75. The number of thiazole rings is 1. The molecule has 5 heterocycles. The quantitative estimate of drug-likeness (QED) is 0.226. The molecule has 0 aliphatic carbocycles. The fraction of sp³-hybridized carbons (Fsp3) is 0.488. The number of rotatable bonds is 12. The molecule has 2 aromatic rings. The van der Waals surface area contributed by atoms with E-state index in [1.165, 1.54) is 64.2 Å². The topological polar surface area (TPSA) is 47.0 Å². The molecule has 0 radical (unpaired) electrons. The Morgan fingerprint density at radius 2 is 1.80 bits per heavy atom. The summed E-state index contributed by atoms with van der Waals surface area (Å²) in [6, 6.07) is 5.45. The molecule has 7 heteroatoms. The lowest BCUT2D eigenvalue weighted by Gasteiger charge is -2.47. The first-order valence-corrected chi connectivity index (χ1v) is 19.6. The van der Waals surface area contributed by atoms with Crippen LogP contribution >= 0.6 is 11.3 Å². The highest BCUT2D eigenvalue weighted by atomic mass is 32.1. The Bertz CT molecular complexity index is 1740. The van der Waals surface area contributed by atoms with E-state index in [2.05, 4.69) is 111 Å². The minimum atomic E-state index is 0.134. The number of allylic oxidation sites excluding steroid dienone is 4. The first-order valence-electron chi connectivity index (χ1n) is 18.7. The Kier molecular flexibility index (Phi) is 11.2.